The fourth-order valence-corrected chi connectivity index (χ4v) is 2.39. The summed E-state index contributed by atoms with van der Waals surface area (Å²) < 4.78 is 5.45. The van der Waals surface area contributed by atoms with Gasteiger partial charge in [-0.25, -0.2) is 0 Å². The van der Waals surface area contributed by atoms with E-state index in [0.29, 0.717) is 6.04 Å². The highest BCUT2D eigenvalue weighted by Crippen LogP contribution is 2.21. The van der Waals surface area contributed by atoms with E-state index in [1.807, 2.05) is 6.07 Å². The zero-order valence-electron chi connectivity index (χ0n) is 10.3. The summed E-state index contributed by atoms with van der Waals surface area (Å²) in [5, 5.41) is 3.46. The van der Waals surface area contributed by atoms with Crippen LogP contribution in [0.4, 0.5) is 0 Å². The highest BCUT2D eigenvalue weighted by molar-refractivity contribution is 5.03. The lowest BCUT2D eigenvalue weighted by molar-refractivity contribution is 0.182. The quantitative estimate of drug-likeness (QED) is 0.847. The molecule has 0 radical (unpaired) electrons. The lowest BCUT2D eigenvalue weighted by Crippen LogP contribution is -2.37. The van der Waals surface area contributed by atoms with Crippen molar-refractivity contribution in [2.75, 3.05) is 26.7 Å². The van der Waals surface area contributed by atoms with Gasteiger partial charge >= 0.3 is 0 Å². The number of nitrogens with zero attached hydrogens (tertiary/aromatic N) is 1. The largest absolute Gasteiger partial charge is 0.468 e. The first-order chi connectivity index (χ1) is 7.77. The molecule has 0 amide bonds. The van der Waals surface area contributed by atoms with Crippen molar-refractivity contribution in [2.45, 2.75) is 25.8 Å². The van der Waals surface area contributed by atoms with Gasteiger partial charge in [0.05, 0.1) is 12.3 Å². The van der Waals surface area contributed by atoms with E-state index in [4.69, 9.17) is 4.42 Å². The standard InChI is InChI=1S/C13H22N2O/c1-11(13-6-4-8-16-13)15(2)10-12-5-3-7-14-9-12/h4,6,8,11-12,14H,3,5,7,9-10H2,1-2H3/t11-,12+/m0/s1. The predicted octanol–water partition coefficient (Wildman–Crippen LogP) is 2.27. The highest BCUT2D eigenvalue weighted by Gasteiger charge is 2.19. The Morgan fingerprint density at radius 3 is 3.12 bits per heavy atom. The molecule has 90 valence electrons. The molecule has 0 spiro atoms. The van der Waals surface area contributed by atoms with Gasteiger partial charge in [0.2, 0.25) is 0 Å². The van der Waals surface area contributed by atoms with E-state index in [-0.39, 0.29) is 0 Å². The molecular formula is C13H22N2O. The van der Waals surface area contributed by atoms with Crippen molar-refractivity contribution in [3.05, 3.63) is 24.2 Å². The van der Waals surface area contributed by atoms with E-state index in [1.54, 1.807) is 6.26 Å². The lowest BCUT2D eigenvalue weighted by Gasteiger charge is -2.30. The molecule has 1 aliphatic rings. The van der Waals surface area contributed by atoms with Gasteiger partial charge in [-0.3, -0.25) is 4.90 Å². The Bertz CT molecular complexity index is 291. The molecule has 1 aromatic heterocycles. The molecule has 1 saturated heterocycles. The molecule has 1 aliphatic heterocycles. The van der Waals surface area contributed by atoms with Gasteiger partial charge < -0.3 is 9.73 Å². The van der Waals surface area contributed by atoms with Crippen LogP contribution in [0.3, 0.4) is 0 Å². The van der Waals surface area contributed by atoms with E-state index in [0.717, 1.165) is 24.8 Å². The molecule has 1 aromatic rings. The maximum Gasteiger partial charge on any atom is 0.120 e. The average molecular weight is 222 g/mol. The second-order valence-electron chi connectivity index (χ2n) is 4.84. The fourth-order valence-electron chi connectivity index (χ4n) is 2.39. The summed E-state index contributed by atoms with van der Waals surface area (Å²) >= 11 is 0. The van der Waals surface area contributed by atoms with Gasteiger partial charge in [0.1, 0.15) is 5.76 Å². The van der Waals surface area contributed by atoms with E-state index in [1.165, 1.54) is 19.4 Å². The molecule has 0 bridgehead atoms. The van der Waals surface area contributed by atoms with Crippen LogP contribution in [0.25, 0.3) is 0 Å². The Morgan fingerprint density at radius 1 is 1.62 bits per heavy atom. The molecule has 2 heterocycles. The van der Waals surface area contributed by atoms with Gasteiger partial charge in [0, 0.05) is 6.54 Å². The molecule has 0 aliphatic carbocycles. The van der Waals surface area contributed by atoms with Crippen molar-refractivity contribution in [3.8, 4) is 0 Å². The van der Waals surface area contributed by atoms with Crippen LogP contribution < -0.4 is 5.32 Å². The molecule has 2 rings (SSSR count). The number of hydrogen-bond acceptors (Lipinski definition) is 3. The van der Waals surface area contributed by atoms with Crippen LogP contribution in [0.5, 0.6) is 0 Å². The Kier molecular flexibility index (Phi) is 4.02. The van der Waals surface area contributed by atoms with E-state index >= 15 is 0 Å². The SMILES string of the molecule is C[C@@H](c1ccco1)N(C)C[C@@H]1CCCNC1. The first-order valence-corrected chi connectivity index (χ1v) is 6.21. The van der Waals surface area contributed by atoms with Gasteiger partial charge in [0.25, 0.3) is 0 Å². The number of rotatable bonds is 4. The second kappa shape index (κ2) is 5.51. The summed E-state index contributed by atoms with van der Waals surface area (Å²) in [5.74, 6) is 1.85. The summed E-state index contributed by atoms with van der Waals surface area (Å²) in [6.45, 7) is 5.70. The Labute approximate surface area is 97.8 Å². The Morgan fingerprint density at radius 2 is 2.50 bits per heavy atom. The molecule has 0 unspecified atom stereocenters. The minimum absolute atomic E-state index is 0.372. The van der Waals surface area contributed by atoms with Crippen molar-refractivity contribution < 1.29 is 4.42 Å². The summed E-state index contributed by atoms with van der Waals surface area (Å²) in [7, 11) is 2.18. The smallest absolute Gasteiger partial charge is 0.120 e. The molecule has 2 atom stereocenters. The van der Waals surface area contributed by atoms with E-state index < -0.39 is 0 Å². The maximum atomic E-state index is 5.45. The monoisotopic (exact) mass is 222 g/mol. The predicted molar refractivity (Wildman–Crippen MR) is 65.3 cm³/mol. The van der Waals surface area contributed by atoms with Crippen molar-refractivity contribution in [3.63, 3.8) is 0 Å². The molecule has 3 heteroatoms. The van der Waals surface area contributed by atoms with Crippen molar-refractivity contribution in [2.24, 2.45) is 5.92 Å². The van der Waals surface area contributed by atoms with Gasteiger partial charge in [-0.2, -0.15) is 0 Å². The van der Waals surface area contributed by atoms with Crippen LogP contribution >= 0.6 is 0 Å². The Balaban J connectivity index is 1.84. The number of piperidine rings is 1. The van der Waals surface area contributed by atoms with Gasteiger partial charge in [0.15, 0.2) is 0 Å². The van der Waals surface area contributed by atoms with Crippen LogP contribution in [0.15, 0.2) is 22.8 Å². The third-order valence-electron chi connectivity index (χ3n) is 3.56. The summed E-state index contributed by atoms with van der Waals surface area (Å²) in [6.07, 6.45) is 4.41. The van der Waals surface area contributed by atoms with Gasteiger partial charge in [-0.05, 0) is 58.0 Å². The average Bonchev–Trinajstić information content (AvgIpc) is 2.83. The summed E-state index contributed by atoms with van der Waals surface area (Å²) in [4.78, 5) is 2.39. The van der Waals surface area contributed by atoms with Crippen molar-refractivity contribution >= 4 is 0 Å². The van der Waals surface area contributed by atoms with Crippen LogP contribution in [-0.4, -0.2) is 31.6 Å². The van der Waals surface area contributed by atoms with E-state index in [9.17, 15) is 0 Å². The normalized spacial score (nSPS) is 23.6. The zero-order valence-corrected chi connectivity index (χ0v) is 10.3. The fraction of sp³-hybridized carbons (Fsp3) is 0.692. The molecule has 1 fully saturated rings. The summed E-state index contributed by atoms with van der Waals surface area (Å²) in [6, 6.07) is 4.39. The molecule has 1 N–H and O–H groups in total. The topological polar surface area (TPSA) is 28.4 Å². The number of nitrogens with one attached hydrogen (secondary N) is 1. The third-order valence-corrected chi connectivity index (χ3v) is 3.56. The highest BCUT2D eigenvalue weighted by atomic mass is 16.3. The number of hydrogen-bond donors (Lipinski definition) is 1. The minimum atomic E-state index is 0.372. The molecular weight excluding hydrogens is 200 g/mol. The van der Waals surface area contributed by atoms with Crippen LogP contribution in [0.2, 0.25) is 0 Å². The van der Waals surface area contributed by atoms with Crippen LogP contribution in [0.1, 0.15) is 31.6 Å². The first-order valence-electron chi connectivity index (χ1n) is 6.21. The second-order valence-corrected chi connectivity index (χ2v) is 4.84. The van der Waals surface area contributed by atoms with E-state index in [2.05, 4.69) is 30.3 Å². The third kappa shape index (κ3) is 2.86. The summed E-state index contributed by atoms with van der Waals surface area (Å²) in [5.41, 5.74) is 0. The zero-order chi connectivity index (χ0) is 11.4. The minimum Gasteiger partial charge on any atom is -0.468 e. The first kappa shape index (κ1) is 11.7. The van der Waals surface area contributed by atoms with Crippen molar-refractivity contribution in [1.29, 1.82) is 0 Å². The maximum absolute atomic E-state index is 5.45. The van der Waals surface area contributed by atoms with Gasteiger partial charge in [-0.1, -0.05) is 0 Å². The molecule has 0 saturated carbocycles. The number of furan rings is 1. The Hall–Kier alpha value is -0.800. The molecule has 3 nitrogen and oxygen atoms in total. The molecule has 16 heavy (non-hydrogen) atoms. The molecule has 0 aromatic carbocycles. The lowest BCUT2D eigenvalue weighted by atomic mass is 9.98. The van der Waals surface area contributed by atoms with Crippen molar-refractivity contribution in [1.82, 2.24) is 10.2 Å². The van der Waals surface area contributed by atoms with Crippen LogP contribution in [0, 0.1) is 5.92 Å². The van der Waals surface area contributed by atoms with Crippen LogP contribution in [-0.2, 0) is 0 Å². The van der Waals surface area contributed by atoms with Gasteiger partial charge in [-0.15, -0.1) is 0 Å².